The second-order valence-electron chi connectivity index (χ2n) is 5.43. The largest absolute Gasteiger partial charge is 0.543 e. The molecule has 10 heteroatoms. The molecule has 0 aromatic heterocycles. The Labute approximate surface area is 153 Å². The van der Waals surface area contributed by atoms with Gasteiger partial charge in [0.05, 0.1) is 0 Å². The summed E-state index contributed by atoms with van der Waals surface area (Å²) in [5.41, 5.74) is -0.318. The van der Waals surface area contributed by atoms with Crippen molar-refractivity contribution >= 4 is 23.6 Å². The van der Waals surface area contributed by atoms with Gasteiger partial charge in [-0.3, -0.25) is 0 Å². The van der Waals surface area contributed by atoms with E-state index in [0.29, 0.717) is 18.0 Å². The molecule has 0 aliphatic carbocycles. The van der Waals surface area contributed by atoms with Gasteiger partial charge in [0.15, 0.2) is 5.73 Å². The van der Waals surface area contributed by atoms with Crippen LogP contribution in [-0.2, 0) is 36.1 Å². The summed E-state index contributed by atoms with van der Waals surface area (Å²) >= 11 is 0. The number of carbonyl (C=O) groups excluding carboxylic acids is 1. The van der Waals surface area contributed by atoms with Crippen LogP contribution in [0.1, 0.15) is 26.2 Å². The van der Waals surface area contributed by atoms with Gasteiger partial charge in [0, 0.05) is 54.3 Å². The fraction of sp³-hybridized carbons (Fsp3) is 0.800. The van der Waals surface area contributed by atoms with Gasteiger partial charge in [-0.25, -0.2) is 4.79 Å². The fourth-order valence-electron chi connectivity index (χ4n) is 2.41. The molecule has 0 amide bonds. The van der Waals surface area contributed by atoms with E-state index >= 15 is 0 Å². The summed E-state index contributed by atoms with van der Waals surface area (Å²) < 4.78 is 38.1. The molecule has 148 valence electrons. The van der Waals surface area contributed by atoms with Crippen LogP contribution in [0.3, 0.4) is 0 Å². The quantitative estimate of drug-likeness (QED) is 0.191. The average Bonchev–Trinajstić information content (AvgIpc) is 2.63. The molecule has 0 saturated carbocycles. The molecule has 0 aliphatic rings. The molecule has 0 spiro atoms. The zero-order valence-electron chi connectivity index (χ0n) is 16.4. The molecule has 0 fully saturated rings. The number of ether oxygens (including phenoxy) is 1. The smallest absolute Gasteiger partial charge is 0.454 e. The molecular weight excluding hydrogens is 364 g/mol. The van der Waals surface area contributed by atoms with Crippen LogP contribution in [0, 0.1) is 0 Å². The van der Waals surface area contributed by atoms with Gasteiger partial charge in [-0.15, -0.1) is 0 Å². The van der Waals surface area contributed by atoms with E-state index in [2.05, 4.69) is 6.58 Å². The van der Waals surface area contributed by atoms with Crippen molar-refractivity contribution in [3.05, 3.63) is 12.2 Å². The monoisotopic (exact) mass is 396 g/mol. The minimum atomic E-state index is -3.14. The SMILES string of the molecule is C=C(C)C(=O)OC(CCCC[Si](OC)(OC)OC)[Si](OC)(OC)OC. The fourth-order valence-corrected chi connectivity index (χ4v) is 6.30. The highest BCUT2D eigenvalue weighted by Gasteiger charge is 2.50. The maximum absolute atomic E-state index is 12.0. The highest BCUT2D eigenvalue weighted by Crippen LogP contribution is 2.24. The van der Waals surface area contributed by atoms with Crippen molar-refractivity contribution in [3.8, 4) is 0 Å². The van der Waals surface area contributed by atoms with Crippen molar-refractivity contribution in [2.45, 2.75) is 38.0 Å². The Bertz CT molecular complexity index is 394. The topological polar surface area (TPSA) is 81.7 Å². The summed E-state index contributed by atoms with van der Waals surface area (Å²) in [5, 5.41) is 0. The third-order valence-electron chi connectivity index (χ3n) is 3.98. The molecule has 1 unspecified atom stereocenters. The van der Waals surface area contributed by atoms with E-state index < -0.39 is 29.3 Å². The van der Waals surface area contributed by atoms with E-state index in [9.17, 15) is 4.79 Å². The molecule has 0 rings (SSSR count). The van der Waals surface area contributed by atoms with Crippen LogP contribution in [0.5, 0.6) is 0 Å². The second-order valence-corrected chi connectivity index (χ2v) is 11.6. The van der Waals surface area contributed by atoms with E-state index in [1.165, 1.54) is 21.3 Å². The molecule has 0 aromatic rings. The van der Waals surface area contributed by atoms with Crippen LogP contribution >= 0.6 is 0 Å². The minimum absolute atomic E-state index is 0.306. The summed E-state index contributed by atoms with van der Waals surface area (Å²) in [6.45, 7) is 5.19. The second kappa shape index (κ2) is 11.9. The van der Waals surface area contributed by atoms with E-state index in [-0.39, 0.29) is 0 Å². The van der Waals surface area contributed by atoms with Crippen LogP contribution in [0.25, 0.3) is 0 Å². The van der Waals surface area contributed by atoms with Gasteiger partial charge < -0.3 is 31.3 Å². The third-order valence-corrected chi connectivity index (χ3v) is 9.71. The van der Waals surface area contributed by atoms with Crippen molar-refractivity contribution in [1.82, 2.24) is 0 Å². The first kappa shape index (κ1) is 24.4. The first-order chi connectivity index (χ1) is 11.8. The summed E-state index contributed by atoms with van der Waals surface area (Å²) in [6, 6.07) is 0.652. The molecule has 0 heterocycles. The van der Waals surface area contributed by atoms with Gasteiger partial charge in [0.2, 0.25) is 0 Å². The van der Waals surface area contributed by atoms with Crippen LogP contribution in [-0.4, -0.2) is 72.0 Å². The molecule has 0 aliphatic heterocycles. The Hall–Kier alpha value is -0.596. The lowest BCUT2D eigenvalue weighted by Crippen LogP contribution is -2.56. The molecule has 8 nitrogen and oxygen atoms in total. The number of rotatable bonds is 14. The lowest BCUT2D eigenvalue weighted by atomic mass is 10.2. The van der Waals surface area contributed by atoms with Gasteiger partial charge in [-0.1, -0.05) is 6.58 Å². The van der Waals surface area contributed by atoms with E-state index in [1.807, 2.05) is 0 Å². The molecule has 25 heavy (non-hydrogen) atoms. The number of hydrogen-bond acceptors (Lipinski definition) is 8. The standard InChI is InChI=1S/C15H32O8Si2/c1-13(2)15(16)23-14(25(20-6,21-7)22-8)11-9-10-12-24(17-3,18-4)19-5/h14H,1,9-12H2,2-8H3. The summed E-state index contributed by atoms with van der Waals surface area (Å²) in [7, 11) is 3.44. The summed E-state index contributed by atoms with van der Waals surface area (Å²) in [4.78, 5) is 12.0. The van der Waals surface area contributed by atoms with Crippen LogP contribution in [0.15, 0.2) is 12.2 Å². The number of hydrogen-bond donors (Lipinski definition) is 0. The lowest BCUT2D eigenvalue weighted by Gasteiger charge is -2.32. The minimum Gasteiger partial charge on any atom is -0.454 e. The van der Waals surface area contributed by atoms with Crippen molar-refractivity contribution in [1.29, 1.82) is 0 Å². The van der Waals surface area contributed by atoms with Crippen molar-refractivity contribution < 1.29 is 36.1 Å². The van der Waals surface area contributed by atoms with Crippen molar-refractivity contribution in [2.24, 2.45) is 0 Å². The van der Waals surface area contributed by atoms with Crippen molar-refractivity contribution in [2.75, 3.05) is 42.7 Å². The maximum Gasteiger partial charge on any atom is 0.543 e. The Kier molecular flexibility index (Phi) is 11.6. The Morgan fingerprint density at radius 1 is 0.880 bits per heavy atom. The van der Waals surface area contributed by atoms with Gasteiger partial charge >= 0.3 is 23.6 Å². The maximum atomic E-state index is 12.0. The van der Waals surface area contributed by atoms with Crippen LogP contribution in [0.4, 0.5) is 0 Å². The van der Waals surface area contributed by atoms with Crippen molar-refractivity contribution in [3.63, 3.8) is 0 Å². The first-order valence-corrected chi connectivity index (χ1v) is 11.7. The van der Waals surface area contributed by atoms with E-state index in [0.717, 1.165) is 12.8 Å². The molecule has 0 N–H and O–H groups in total. The van der Waals surface area contributed by atoms with Crippen LogP contribution < -0.4 is 0 Å². The Morgan fingerprint density at radius 3 is 1.72 bits per heavy atom. The van der Waals surface area contributed by atoms with Gasteiger partial charge in [-0.05, 0) is 26.2 Å². The highest BCUT2D eigenvalue weighted by atomic mass is 28.4. The number of carbonyl (C=O) groups is 1. The molecule has 1 atom stereocenters. The molecule has 0 radical (unpaired) electrons. The molecule has 0 bridgehead atoms. The first-order valence-electron chi connectivity index (χ1n) is 7.97. The summed E-state index contributed by atoms with van der Waals surface area (Å²) in [5.74, 6) is -0.498. The third kappa shape index (κ3) is 6.91. The average molecular weight is 397 g/mol. The predicted molar refractivity (Wildman–Crippen MR) is 96.9 cm³/mol. The molecular formula is C15H32O8Si2. The summed E-state index contributed by atoms with van der Waals surface area (Å²) in [6.07, 6.45) is 2.01. The Balaban J connectivity index is 4.95. The lowest BCUT2D eigenvalue weighted by molar-refractivity contribution is -0.144. The zero-order chi connectivity index (χ0) is 19.5. The van der Waals surface area contributed by atoms with E-state index in [4.69, 9.17) is 31.3 Å². The predicted octanol–water partition coefficient (Wildman–Crippen LogP) is 1.94. The molecule has 0 saturated heterocycles. The number of unbranched alkanes of at least 4 members (excludes halogenated alkanes) is 1. The van der Waals surface area contributed by atoms with Gasteiger partial charge in [0.25, 0.3) is 0 Å². The zero-order valence-corrected chi connectivity index (χ0v) is 18.4. The van der Waals surface area contributed by atoms with E-state index in [1.54, 1.807) is 28.3 Å². The molecule has 0 aromatic carbocycles. The van der Waals surface area contributed by atoms with Gasteiger partial charge in [0.1, 0.15) is 0 Å². The highest BCUT2D eigenvalue weighted by molar-refractivity contribution is 6.62. The number of esters is 1. The Morgan fingerprint density at radius 2 is 1.36 bits per heavy atom. The van der Waals surface area contributed by atoms with Gasteiger partial charge in [-0.2, -0.15) is 0 Å². The normalized spacial score (nSPS) is 13.6. The van der Waals surface area contributed by atoms with Crippen LogP contribution in [0.2, 0.25) is 6.04 Å².